The summed E-state index contributed by atoms with van der Waals surface area (Å²) in [5, 5.41) is 2.98. The molecule has 2 aliphatic rings. The summed E-state index contributed by atoms with van der Waals surface area (Å²) in [7, 11) is 1.74. The van der Waals surface area contributed by atoms with Gasteiger partial charge >= 0.3 is 0 Å². The zero-order chi connectivity index (χ0) is 15.0. The second-order valence-corrected chi connectivity index (χ2v) is 5.82. The fourth-order valence-corrected chi connectivity index (χ4v) is 2.73. The summed E-state index contributed by atoms with van der Waals surface area (Å²) in [4.78, 5) is 26.0. The first-order valence-corrected chi connectivity index (χ1v) is 7.31. The average molecular weight is 288 g/mol. The highest BCUT2D eigenvalue weighted by molar-refractivity contribution is 5.86. The molecule has 5 nitrogen and oxygen atoms in total. The molecule has 1 heterocycles. The van der Waals surface area contributed by atoms with Crippen molar-refractivity contribution in [3.8, 4) is 0 Å². The minimum absolute atomic E-state index is 0.0400. The fourth-order valence-electron chi connectivity index (χ4n) is 2.73. The van der Waals surface area contributed by atoms with E-state index in [9.17, 15) is 9.59 Å². The van der Waals surface area contributed by atoms with Crippen molar-refractivity contribution >= 4 is 11.8 Å². The molecule has 0 bridgehead atoms. The van der Waals surface area contributed by atoms with Gasteiger partial charge in [0.25, 0.3) is 5.91 Å². The molecule has 0 spiro atoms. The number of benzene rings is 1. The normalized spacial score (nSPS) is 25.8. The van der Waals surface area contributed by atoms with Crippen LogP contribution in [0.3, 0.4) is 0 Å². The molecule has 112 valence electrons. The topological polar surface area (TPSA) is 58.6 Å². The fraction of sp³-hybridized carbons (Fsp3) is 0.500. The van der Waals surface area contributed by atoms with Crippen LogP contribution in [0.2, 0.25) is 0 Å². The summed E-state index contributed by atoms with van der Waals surface area (Å²) in [6.45, 7) is 1.94. The van der Waals surface area contributed by atoms with Crippen LogP contribution >= 0.6 is 0 Å². The van der Waals surface area contributed by atoms with E-state index in [0.29, 0.717) is 0 Å². The molecule has 2 atom stereocenters. The van der Waals surface area contributed by atoms with Gasteiger partial charge < -0.3 is 15.0 Å². The summed E-state index contributed by atoms with van der Waals surface area (Å²) < 4.78 is 5.57. The molecule has 1 saturated carbocycles. The molecule has 0 unspecified atom stereocenters. The van der Waals surface area contributed by atoms with Crippen molar-refractivity contribution in [1.29, 1.82) is 0 Å². The average Bonchev–Trinajstić information content (AvgIpc) is 3.26. The molecule has 1 N–H and O–H groups in total. The van der Waals surface area contributed by atoms with E-state index in [1.807, 2.05) is 31.2 Å². The molecular formula is C16H20N2O3. The van der Waals surface area contributed by atoms with Gasteiger partial charge in [0.15, 0.2) is 6.10 Å². The molecule has 0 aromatic heterocycles. The second kappa shape index (κ2) is 5.48. The van der Waals surface area contributed by atoms with E-state index >= 15 is 0 Å². The Bertz CT molecular complexity index is 568. The van der Waals surface area contributed by atoms with E-state index in [2.05, 4.69) is 5.32 Å². The summed E-state index contributed by atoms with van der Waals surface area (Å²) in [6.07, 6.45) is 1.42. The van der Waals surface area contributed by atoms with Gasteiger partial charge in [0, 0.05) is 13.1 Å². The van der Waals surface area contributed by atoms with Crippen molar-refractivity contribution in [3.63, 3.8) is 0 Å². The number of aryl methyl sites for hydroxylation is 1. The third-order valence-electron chi connectivity index (χ3n) is 4.17. The van der Waals surface area contributed by atoms with Gasteiger partial charge in [-0.1, -0.05) is 24.3 Å². The maximum atomic E-state index is 12.4. The number of carbonyl (C=O) groups excluding carboxylic acids is 2. The first-order valence-electron chi connectivity index (χ1n) is 7.31. The van der Waals surface area contributed by atoms with E-state index in [4.69, 9.17) is 4.74 Å². The molecule has 0 radical (unpaired) electrons. The van der Waals surface area contributed by atoms with Crippen LogP contribution in [0.1, 0.15) is 30.0 Å². The van der Waals surface area contributed by atoms with Gasteiger partial charge in [-0.2, -0.15) is 0 Å². The lowest BCUT2D eigenvalue weighted by Gasteiger charge is -2.39. The number of ether oxygens (including phenoxy) is 1. The second-order valence-electron chi connectivity index (χ2n) is 5.82. The Morgan fingerprint density at radius 2 is 2.05 bits per heavy atom. The smallest absolute Gasteiger partial charge is 0.251 e. The Kier molecular flexibility index (Phi) is 3.68. The van der Waals surface area contributed by atoms with Crippen LogP contribution in [-0.4, -0.2) is 42.5 Å². The lowest BCUT2D eigenvalue weighted by Crippen LogP contribution is -2.53. The number of morpholine rings is 1. The Labute approximate surface area is 124 Å². The van der Waals surface area contributed by atoms with Gasteiger partial charge in [-0.3, -0.25) is 9.59 Å². The van der Waals surface area contributed by atoms with Crippen LogP contribution in [0, 0.1) is 6.92 Å². The molecule has 1 aliphatic heterocycles. The Morgan fingerprint density at radius 3 is 2.71 bits per heavy atom. The number of nitrogens with zero attached hydrogens (tertiary/aromatic N) is 1. The minimum Gasteiger partial charge on any atom is -0.356 e. The Balaban J connectivity index is 1.91. The lowest BCUT2D eigenvalue weighted by atomic mass is 9.94. The van der Waals surface area contributed by atoms with Gasteiger partial charge in [0.2, 0.25) is 5.91 Å². The van der Waals surface area contributed by atoms with Crippen LogP contribution in [0.5, 0.6) is 0 Å². The summed E-state index contributed by atoms with van der Waals surface area (Å²) in [5.41, 5.74) is 2.01. The highest BCUT2D eigenvalue weighted by atomic mass is 16.5. The first-order chi connectivity index (χ1) is 10.1. The molecule has 2 amide bonds. The molecule has 1 aromatic carbocycles. The lowest BCUT2D eigenvalue weighted by molar-refractivity contribution is -0.162. The van der Waals surface area contributed by atoms with Crippen LogP contribution in [0.15, 0.2) is 24.3 Å². The molecule has 1 aromatic rings. The highest BCUT2D eigenvalue weighted by Gasteiger charge is 2.41. The van der Waals surface area contributed by atoms with Crippen molar-refractivity contribution in [3.05, 3.63) is 35.4 Å². The molecule has 1 aliphatic carbocycles. The number of amides is 2. The largest absolute Gasteiger partial charge is 0.356 e. The van der Waals surface area contributed by atoms with Crippen molar-refractivity contribution < 1.29 is 14.3 Å². The van der Waals surface area contributed by atoms with E-state index in [-0.39, 0.29) is 30.5 Å². The molecule has 2 fully saturated rings. The SMILES string of the molecule is Cc1ccccc1[C@@H]1[C@@H](C(=O)NC2CC2)OCC(=O)N1C. The van der Waals surface area contributed by atoms with E-state index in [1.54, 1.807) is 11.9 Å². The summed E-state index contributed by atoms with van der Waals surface area (Å²) in [6, 6.07) is 7.72. The van der Waals surface area contributed by atoms with E-state index in [1.165, 1.54) is 0 Å². The third-order valence-corrected chi connectivity index (χ3v) is 4.17. The molecule has 21 heavy (non-hydrogen) atoms. The van der Waals surface area contributed by atoms with Crippen LogP contribution in [0.25, 0.3) is 0 Å². The number of hydrogen-bond acceptors (Lipinski definition) is 3. The first kappa shape index (κ1) is 14.1. The van der Waals surface area contributed by atoms with Crippen molar-refractivity contribution in [1.82, 2.24) is 10.2 Å². The third kappa shape index (κ3) is 2.78. The number of carbonyl (C=O) groups is 2. The van der Waals surface area contributed by atoms with Crippen molar-refractivity contribution in [2.24, 2.45) is 0 Å². The monoisotopic (exact) mass is 288 g/mol. The van der Waals surface area contributed by atoms with Gasteiger partial charge in [0.05, 0.1) is 6.04 Å². The van der Waals surface area contributed by atoms with Crippen LogP contribution < -0.4 is 5.32 Å². The Morgan fingerprint density at radius 1 is 1.33 bits per heavy atom. The zero-order valence-corrected chi connectivity index (χ0v) is 12.3. The number of likely N-dealkylation sites (N-methyl/N-ethyl adjacent to an activating group) is 1. The minimum atomic E-state index is -0.644. The maximum Gasteiger partial charge on any atom is 0.251 e. The maximum absolute atomic E-state index is 12.4. The molecule has 3 rings (SSSR count). The number of rotatable bonds is 3. The van der Waals surface area contributed by atoms with E-state index in [0.717, 1.165) is 24.0 Å². The standard InChI is InChI=1S/C16H20N2O3/c1-10-5-3-4-6-12(10)14-15(16(20)17-11-7-8-11)21-9-13(19)18(14)2/h3-6,11,14-15H,7-9H2,1-2H3,(H,17,20)/t14-,15+/m1/s1. The summed E-state index contributed by atoms with van der Waals surface area (Å²) in [5.74, 6) is -0.219. The quantitative estimate of drug-likeness (QED) is 0.908. The number of hydrogen-bond donors (Lipinski definition) is 1. The summed E-state index contributed by atoms with van der Waals surface area (Å²) >= 11 is 0. The van der Waals surface area contributed by atoms with Crippen molar-refractivity contribution in [2.75, 3.05) is 13.7 Å². The highest BCUT2D eigenvalue weighted by Crippen LogP contribution is 2.32. The molecule has 5 heteroatoms. The van der Waals surface area contributed by atoms with Gasteiger partial charge in [0.1, 0.15) is 6.61 Å². The van der Waals surface area contributed by atoms with Gasteiger partial charge in [-0.25, -0.2) is 0 Å². The zero-order valence-electron chi connectivity index (χ0n) is 12.3. The predicted octanol–water partition coefficient (Wildman–Crippen LogP) is 1.17. The van der Waals surface area contributed by atoms with Gasteiger partial charge in [-0.05, 0) is 30.9 Å². The van der Waals surface area contributed by atoms with Gasteiger partial charge in [-0.15, -0.1) is 0 Å². The van der Waals surface area contributed by atoms with E-state index < -0.39 is 6.10 Å². The Hall–Kier alpha value is -1.88. The number of nitrogens with one attached hydrogen (secondary N) is 1. The molecule has 1 saturated heterocycles. The predicted molar refractivity (Wildman–Crippen MR) is 77.6 cm³/mol. The van der Waals surface area contributed by atoms with Crippen LogP contribution in [-0.2, 0) is 14.3 Å². The van der Waals surface area contributed by atoms with Crippen LogP contribution in [0.4, 0.5) is 0 Å². The van der Waals surface area contributed by atoms with Crippen molar-refractivity contribution in [2.45, 2.75) is 38.0 Å². The molecular weight excluding hydrogens is 268 g/mol.